The van der Waals surface area contributed by atoms with Crippen molar-refractivity contribution in [3.05, 3.63) is 95.4 Å². The van der Waals surface area contributed by atoms with Crippen LogP contribution in [0.15, 0.2) is 72.9 Å². The molecule has 0 saturated heterocycles. The number of para-hydroxylation sites is 1. The summed E-state index contributed by atoms with van der Waals surface area (Å²) in [6.07, 6.45) is -5.01. The number of hydrogen-bond acceptors (Lipinski definition) is 7. The molecule has 0 fully saturated rings. The van der Waals surface area contributed by atoms with E-state index in [1.165, 1.54) is 18.2 Å². The summed E-state index contributed by atoms with van der Waals surface area (Å²) < 4.78 is 65.3. The van der Waals surface area contributed by atoms with E-state index in [0.717, 1.165) is 17.7 Å². The SMILES string of the molecule is COc1cc(CC(F)(F)F)c(-c2nc(NCc3ccccc3N(C)C(=O)OCc3ccccc3)c3cn[nH]c3n2)cc1F. The molecule has 0 atom stereocenters. The number of amides is 1. The molecule has 0 bridgehead atoms. The monoisotopic (exact) mass is 594 g/mol. The van der Waals surface area contributed by atoms with Crippen LogP contribution in [0.1, 0.15) is 16.7 Å². The third kappa shape index (κ3) is 6.83. The number of H-pyrrole nitrogens is 1. The van der Waals surface area contributed by atoms with Crippen LogP contribution in [0, 0.1) is 5.82 Å². The fraction of sp³-hybridized carbons (Fsp3) is 0.200. The maximum Gasteiger partial charge on any atom is 0.414 e. The minimum atomic E-state index is -4.57. The molecule has 3 aromatic carbocycles. The van der Waals surface area contributed by atoms with Gasteiger partial charge in [0.2, 0.25) is 0 Å². The highest BCUT2D eigenvalue weighted by Gasteiger charge is 2.31. The normalized spacial score (nSPS) is 11.4. The van der Waals surface area contributed by atoms with Gasteiger partial charge in [0.05, 0.1) is 30.8 Å². The zero-order valence-electron chi connectivity index (χ0n) is 23.1. The van der Waals surface area contributed by atoms with E-state index in [-0.39, 0.29) is 47.3 Å². The van der Waals surface area contributed by atoms with E-state index in [1.807, 2.05) is 30.3 Å². The van der Waals surface area contributed by atoms with Crippen molar-refractivity contribution in [2.45, 2.75) is 25.7 Å². The molecule has 1 amide bonds. The maximum absolute atomic E-state index is 14.7. The summed E-state index contributed by atoms with van der Waals surface area (Å²) in [6.45, 7) is 0.268. The number of carbonyl (C=O) groups is 1. The summed E-state index contributed by atoms with van der Waals surface area (Å²) in [4.78, 5) is 23.0. The Labute approximate surface area is 243 Å². The summed E-state index contributed by atoms with van der Waals surface area (Å²) in [5.74, 6) is -1.09. The van der Waals surface area contributed by atoms with Crippen molar-refractivity contribution in [2.75, 3.05) is 24.4 Å². The number of ether oxygens (including phenoxy) is 2. The Kier molecular flexibility index (Phi) is 8.41. The quantitative estimate of drug-likeness (QED) is 0.184. The van der Waals surface area contributed by atoms with Gasteiger partial charge in [0, 0.05) is 19.2 Å². The van der Waals surface area contributed by atoms with Gasteiger partial charge in [-0.1, -0.05) is 48.5 Å². The predicted octanol–water partition coefficient (Wildman–Crippen LogP) is 6.66. The van der Waals surface area contributed by atoms with Crippen molar-refractivity contribution >= 4 is 28.6 Å². The maximum atomic E-state index is 14.7. The summed E-state index contributed by atoms with van der Waals surface area (Å²) in [5, 5.41) is 10.3. The second kappa shape index (κ2) is 12.3. The average Bonchev–Trinajstić information content (AvgIpc) is 3.48. The van der Waals surface area contributed by atoms with E-state index in [4.69, 9.17) is 9.47 Å². The van der Waals surface area contributed by atoms with Crippen molar-refractivity contribution in [3.8, 4) is 17.1 Å². The zero-order chi connectivity index (χ0) is 30.6. The molecule has 43 heavy (non-hydrogen) atoms. The highest BCUT2D eigenvalue weighted by Crippen LogP contribution is 2.34. The first-order chi connectivity index (χ1) is 20.6. The van der Waals surface area contributed by atoms with Crippen LogP contribution in [0.5, 0.6) is 5.75 Å². The Balaban J connectivity index is 1.43. The van der Waals surface area contributed by atoms with E-state index < -0.39 is 24.5 Å². The average molecular weight is 595 g/mol. The summed E-state index contributed by atoms with van der Waals surface area (Å²) in [5.41, 5.74) is 1.95. The Bertz CT molecular complexity index is 1740. The van der Waals surface area contributed by atoms with Gasteiger partial charge < -0.3 is 14.8 Å². The second-order valence-electron chi connectivity index (χ2n) is 9.55. The van der Waals surface area contributed by atoms with Crippen LogP contribution >= 0.6 is 0 Å². The number of alkyl halides is 3. The van der Waals surface area contributed by atoms with Crippen LogP contribution in [0.4, 0.5) is 33.9 Å². The second-order valence-corrected chi connectivity index (χ2v) is 9.55. The molecule has 2 aromatic heterocycles. The first-order valence-corrected chi connectivity index (χ1v) is 13.0. The predicted molar refractivity (Wildman–Crippen MR) is 152 cm³/mol. The number of methoxy groups -OCH3 is 1. The first kappa shape index (κ1) is 29.3. The minimum absolute atomic E-state index is 0.106. The third-order valence-corrected chi connectivity index (χ3v) is 6.60. The Morgan fingerprint density at radius 3 is 2.51 bits per heavy atom. The van der Waals surface area contributed by atoms with Crippen molar-refractivity contribution in [1.29, 1.82) is 0 Å². The van der Waals surface area contributed by atoms with E-state index in [9.17, 15) is 22.4 Å². The smallest absolute Gasteiger partial charge is 0.414 e. The Morgan fingerprint density at radius 1 is 1.02 bits per heavy atom. The standard InChI is InChI=1S/C30H26F4N6O3/c1-40(29(41)43-17-18-8-4-3-5-9-18)24-11-7-6-10-19(24)15-35-26-22-16-36-39-28(22)38-27(37-26)21-13-23(31)25(42-2)12-20(21)14-30(32,33)34/h3-13,16H,14-15,17H2,1-2H3,(H2,35,36,37,38,39). The van der Waals surface area contributed by atoms with Gasteiger partial charge >= 0.3 is 12.3 Å². The molecule has 13 heteroatoms. The number of nitrogens with one attached hydrogen (secondary N) is 2. The van der Waals surface area contributed by atoms with Crippen molar-refractivity contribution in [1.82, 2.24) is 20.2 Å². The molecule has 0 aliphatic rings. The van der Waals surface area contributed by atoms with Crippen molar-refractivity contribution < 1.29 is 31.8 Å². The Hall–Kier alpha value is -5.20. The summed E-state index contributed by atoms with van der Waals surface area (Å²) in [6, 6.07) is 18.3. The number of benzene rings is 3. The van der Waals surface area contributed by atoms with Crippen molar-refractivity contribution in [3.63, 3.8) is 0 Å². The number of aromatic nitrogens is 4. The fourth-order valence-electron chi connectivity index (χ4n) is 4.49. The van der Waals surface area contributed by atoms with Crippen LogP contribution in [-0.4, -0.2) is 46.6 Å². The van der Waals surface area contributed by atoms with Crippen LogP contribution in [0.25, 0.3) is 22.4 Å². The first-order valence-electron chi connectivity index (χ1n) is 13.0. The van der Waals surface area contributed by atoms with E-state index in [1.54, 1.807) is 31.3 Å². The molecule has 2 heterocycles. The molecule has 0 saturated carbocycles. The van der Waals surface area contributed by atoms with E-state index >= 15 is 0 Å². The molecule has 0 unspecified atom stereocenters. The number of carbonyl (C=O) groups excluding carboxylic acids is 1. The van der Waals surface area contributed by atoms with Gasteiger partial charge in [-0.2, -0.15) is 18.3 Å². The topological polar surface area (TPSA) is 105 Å². The highest BCUT2D eigenvalue weighted by atomic mass is 19.4. The molecule has 5 aromatic rings. The summed E-state index contributed by atoms with van der Waals surface area (Å²) >= 11 is 0. The lowest BCUT2D eigenvalue weighted by Gasteiger charge is -2.21. The number of fused-ring (bicyclic) bond motifs is 1. The van der Waals surface area contributed by atoms with E-state index in [0.29, 0.717) is 16.6 Å². The largest absolute Gasteiger partial charge is 0.494 e. The fourth-order valence-corrected chi connectivity index (χ4v) is 4.49. The highest BCUT2D eigenvalue weighted by molar-refractivity contribution is 5.89. The van der Waals surface area contributed by atoms with Gasteiger partial charge in [0.15, 0.2) is 23.0 Å². The zero-order valence-corrected chi connectivity index (χ0v) is 23.1. The lowest BCUT2D eigenvalue weighted by atomic mass is 10.0. The summed E-state index contributed by atoms with van der Waals surface area (Å²) in [7, 11) is 2.76. The Morgan fingerprint density at radius 2 is 1.77 bits per heavy atom. The van der Waals surface area contributed by atoms with E-state index in [2.05, 4.69) is 25.5 Å². The molecular formula is C30H26F4N6O3. The molecule has 5 rings (SSSR count). The number of nitrogens with zero attached hydrogens (tertiary/aromatic N) is 4. The number of rotatable bonds is 9. The van der Waals surface area contributed by atoms with Gasteiger partial charge in [-0.15, -0.1) is 0 Å². The molecule has 0 aliphatic carbocycles. The van der Waals surface area contributed by atoms with Gasteiger partial charge in [-0.05, 0) is 34.9 Å². The third-order valence-electron chi connectivity index (χ3n) is 6.60. The van der Waals surface area contributed by atoms with Crippen LogP contribution < -0.4 is 15.0 Å². The number of hydrogen-bond donors (Lipinski definition) is 2. The molecule has 2 N–H and O–H groups in total. The van der Waals surface area contributed by atoms with Gasteiger partial charge in [0.1, 0.15) is 12.4 Å². The van der Waals surface area contributed by atoms with Crippen molar-refractivity contribution in [2.24, 2.45) is 0 Å². The van der Waals surface area contributed by atoms with Gasteiger partial charge in [-0.3, -0.25) is 10.00 Å². The lowest BCUT2D eigenvalue weighted by molar-refractivity contribution is -0.127. The molecular weight excluding hydrogens is 568 g/mol. The molecule has 9 nitrogen and oxygen atoms in total. The van der Waals surface area contributed by atoms with Crippen LogP contribution in [0.3, 0.4) is 0 Å². The minimum Gasteiger partial charge on any atom is -0.494 e. The molecule has 0 spiro atoms. The van der Waals surface area contributed by atoms with Crippen LogP contribution in [0.2, 0.25) is 0 Å². The number of anilines is 2. The van der Waals surface area contributed by atoms with Gasteiger partial charge in [-0.25, -0.2) is 19.2 Å². The van der Waals surface area contributed by atoms with Gasteiger partial charge in [0.25, 0.3) is 0 Å². The number of halogens is 4. The lowest BCUT2D eigenvalue weighted by Crippen LogP contribution is -2.28. The molecule has 0 radical (unpaired) electrons. The molecule has 222 valence electrons. The van der Waals surface area contributed by atoms with Crippen LogP contribution in [-0.2, 0) is 24.3 Å². The molecule has 0 aliphatic heterocycles. The number of aromatic amines is 1.